The molecule has 10 rings (SSSR count). The lowest BCUT2D eigenvalue weighted by atomic mass is 9.86. The monoisotopic (exact) mass is 606 g/mol. The van der Waals surface area contributed by atoms with Gasteiger partial charge in [0.25, 0.3) is 0 Å². The van der Waals surface area contributed by atoms with Gasteiger partial charge in [-0.15, -0.1) is 0 Å². The normalized spacial score (nSPS) is 11.8. The first-order chi connectivity index (χ1) is 23.8. The van der Waals surface area contributed by atoms with Crippen LogP contribution >= 0.6 is 0 Å². The molecule has 0 bridgehead atoms. The van der Waals surface area contributed by atoms with Crippen molar-refractivity contribution in [2.45, 2.75) is 0 Å². The van der Waals surface area contributed by atoms with Crippen molar-refractivity contribution in [2.24, 2.45) is 0 Å². The summed E-state index contributed by atoms with van der Waals surface area (Å²) in [6, 6.07) is 67.1. The lowest BCUT2D eigenvalue weighted by Crippen LogP contribution is -1.89. The van der Waals surface area contributed by atoms with Crippen LogP contribution in [0.25, 0.3) is 98.0 Å². The molecule has 0 heteroatoms. The Morgan fingerprint density at radius 1 is 0.208 bits per heavy atom. The van der Waals surface area contributed by atoms with Crippen LogP contribution in [0.4, 0.5) is 0 Å². The Balaban J connectivity index is 1.18. The number of hydrogen-bond acceptors (Lipinski definition) is 0. The maximum Gasteiger partial charge on any atom is -0.00199 e. The molecule has 0 aromatic heterocycles. The van der Waals surface area contributed by atoms with Crippen LogP contribution in [-0.4, -0.2) is 0 Å². The maximum absolute atomic E-state index is 2.43. The highest BCUT2D eigenvalue weighted by molar-refractivity contribution is 6.33. The van der Waals surface area contributed by atoms with Crippen LogP contribution < -0.4 is 0 Å². The molecule has 0 aliphatic rings. The van der Waals surface area contributed by atoms with Crippen LogP contribution in [0.2, 0.25) is 0 Å². The van der Waals surface area contributed by atoms with Crippen LogP contribution in [0, 0.1) is 0 Å². The van der Waals surface area contributed by atoms with E-state index >= 15 is 0 Å². The summed E-state index contributed by atoms with van der Waals surface area (Å²) in [5.74, 6) is 0. The standard InChI is InChI=1S/C48H30/c1-3-11-35-27-37(23-19-31(35)9-1)33-17-21-34(22-18-33)45-30-47-41-14-6-5-13-40(41)46-29-39(38-24-20-32-10-2-4-12-36(32)28-38)25-26-44(46)48(47)43-16-8-7-15-42(43)45/h1-30H. The molecule has 0 aliphatic heterocycles. The molecule has 0 unspecified atom stereocenters. The van der Waals surface area contributed by atoms with Crippen molar-refractivity contribution < 1.29 is 0 Å². The van der Waals surface area contributed by atoms with Crippen LogP contribution in [0.15, 0.2) is 182 Å². The van der Waals surface area contributed by atoms with Crippen molar-refractivity contribution in [3.8, 4) is 33.4 Å². The molecule has 0 atom stereocenters. The first-order valence-corrected chi connectivity index (χ1v) is 16.7. The molecule has 0 aliphatic carbocycles. The number of benzene rings is 10. The maximum atomic E-state index is 2.43. The van der Waals surface area contributed by atoms with Crippen molar-refractivity contribution in [3.63, 3.8) is 0 Å². The summed E-state index contributed by atoms with van der Waals surface area (Å²) < 4.78 is 0. The van der Waals surface area contributed by atoms with Gasteiger partial charge in [-0.1, -0.05) is 158 Å². The minimum Gasteiger partial charge on any atom is -0.0616 e. The Hall–Kier alpha value is -6.24. The van der Waals surface area contributed by atoms with Gasteiger partial charge in [0.1, 0.15) is 0 Å². The largest absolute Gasteiger partial charge is 0.0616 e. The van der Waals surface area contributed by atoms with Gasteiger partial charge in [-0.2, -0.15) is 0 Å². The summed E-state index contributed by atoms with van der Waals surface area (Å²) in [4.78, 5) is 0. The van der Waals surface area contributed by atoms with E-state index in [0.717, 1.165) is 0 Å². The fourth-order valence-corrected chi connectivity index (χ4v) is 7.81. The smallest absolute Gasteiger partial charge is 0.00199 e. The average Bonchev–Trinajstić information content (AvgIpc) is 3.17. The van der Waals surface area contributed by atoms with E-state index in [2.05, 4.69) is 182 Å². The summed E-state index contributed by atoms with van der Waals surface area (Å²) in [5, 5.41) is 15.4. The molecule has 0 heterocycles. The summed E-state index contributed by atoms with van der Waals surface area (Å²) in [6.45, 7) is 0. The number of rotatable bonds is 3. The van der Waals surface area contributed by atoms with Crippen molar-refractivity contribution in [1.29, 1.82) is 0 Å². The zero-order valence-corrected chi connectivity index (χ0v) is 26.3. The van der Waals surface area contributed by atoms with Crippen molar-refractivity contribution in [1.82, 2.24) is 0 Å². The molecule has 0 saturated carbocycles. The molecule has 0 fully saturated rings. The van der Waals surface area contributed by atoms with E-state index in [1.54, 1.807) is 0 Å². The van der Waals surface area contributed by atoms with Gasteiger partial charge in [0.2, 0.25) is 0 Å². The fourth-order valence-electron chi connectivity index (χ4n) is 7.81. The molecule has 0 amide bonds. The Morgan fingerprint density at radius 3 is 1.31 bits per heavy atom. The van der Waals surface area contributed by atoms with Gasteiger partial charge in [0.15, 0.2) is 0 Å². The molecule has 0 N–H and O–H groups in total. The fraction of sp³-hybridized carbons (Fsp3) is 0. The molecular formula is C48H30. The first kappa shape index (κ1) is 26.9. The van der Waals surface area contributed by atoms with Gasteiger partial charge < -0.3 is 0 Å². The molecular weight excluding hydrogens is 577 g/mol. The summed E-state index contributed by atoms with van der Waals surface area (Å²) >= 11 is 0. The lowest BCUT2D eigenvalue weighted by Gasteiger charge is -2.17. The Bertz CT molecular complexity index is 2870. The number of fused-ring (bicyclic) bond motifs is 10. The Labute approximate surface area is 279 Å². The second-order valence-corrected chi connectivity index (χ2v) is 12.9. The Morgan fingerprint density at radius 2 is 0.646 bits per heavy atom. The van der Waals surface area contributed by atoms with Gasteiger partial charge in [-0.3, -0.25) is 0 Å². The van der Waals surface area contributed by atoms with E-state index < -0.39 is 0 Å². The minimum atomic E-state index is 1.23. The third kappa shape index (κ3) is 4.24. The number of hydrogen-bond donors (Lipinski definition) is 0. The second kappa shape index (κ2) is 10.7. The van der Waals surface area contributed by atoms with Gasteiger partial charge in [-0.05, 0) is 122 Å². The summed E-state index contributed by atoms with van der Waals surface area (Å²) in [6.07, 6.45) is 0. The molecule has 0 nitrogen and oxygen atoms in total. The highest BCUT2D eigenvalue weighted by Gasteiger charge is 2.16. The van der Waals surface area contributed by atoms with Crippen molar-refractivity contribution >= 4 is 64.6 Å². The summed E-state index contributed by atoms with van der Waals surface area (Å²) in [7, 11) is 0. The molecule has 10 aromatic rings. The zero-order chi connectivity index (χ0) is 31.6. The predicted molar refractivity (Wildman–Crippen MR) is 208 cm³/mol. The SMILES string of the molecule is c1ccc2cc(-c3ccc(-c4cc5c6ccccc6c6cc(-c7ccc8ccccc8c7)ccc6c5c5ccccc45)cc3)ccc2c1. The lowest BCUT2D eigenvalue weighted by molar-refractivity contribution is 1.63. The molecule has 0 saturated heterocycles. The Kier molecular flexibility index (Phi) is 5.98. The molecule has 0 radical (unpaired) electrons. The molecule has 48 heavy (non-hydrogen) atoms. The molecule has 222 valence electrons. The highest BCUT2D eigenvalue weighted by Crippen LogP contribution is 2.44. The zero-order valence-electron chi connectivity index (χ0n) is 26.3. The molecule has 0 spiro atoms. The van der Waals surface area contributed by atoms with Gasteiger partial charge in [0, 0.05) is 0 Å². The van der Waals surface area contributed by atoms with Gasteiger partial charge >= 0.3 is 0 Å². The van der Waals surface area contributed by atoms with E-state index in [-0.39, 0.29) is 0 Å². The van der Waals surface area contributed by atoms with E-state index in [4.69, 9.17) is 0 Å². The van der Waals surface area contributed by atoms with Crippen LogP contribution in [-0.2, 0) is 0 Å². The van der Waals surface area contributed by atoms with Gasteiger partial charge in [0.05, 0.1) is 0 Å². The van der Waals surface area contributed by atoms with Crippen molar-refractivity contribution in [3.05, 3.63) is 182 Å². The van der Waals surface area contributed by atoms with Gasteiger partial charge in [-0.25, -0.2) is 0 Å². The first-order valence-electron chi connectivity index (χ1n) is 16.7. The van der Waals surface area contributed by atoms with Crippen molar-refractivity contribution in [2.75, 3.05) is 0 Å². The van der Waals surface area contributed by atoms with Crippen LogP contribution in [0.3, 0.4) is 0 Å². The highest BCUT2D eigenvalue weighted by atomic mass is 14.2. The topological polar surface area (TPSA) is 0 Å². The van der Waals surface area contributed by atoms with E-state index in [1.807, 2.05) is 0 Å². The van der Waals surface area contributed by atoms with E-state index in [0.29, 0.717) is 0 Å². The van der Waals surface area contributed by atoms with E-state index in [9.17, 15) is 0 Å². The van der Waals surface area contributed by atoms with Crippen LogP contribution in [0.5, 0.6) is 0 Å². The third-order valence-corrected chi connectivity index (χ3v) is 10.2. The molecule has 10 aromatic carbocycles. The van der Waals surface area contributed by atoms with E-state index in [1.165, 1.54) is 98.0 Å². The average molecular weight is 607 g/mol. The summed E-state index contributed by atoms with van der Waals surface area (Å²) in [5.41, 5.74) is 7.45. The minimum absolute atomic E-state index is 1.23. The van der Waals surface area contributed by atoms with Crippen LogP contribution in [0.1, 0.15) is 0 Å². The quantitative estimate of drug-likeness (QED) is 0.176. The third-order valence-electron chi connectivity index (χ3n) is 10.2. The second-order valence-electron chi connectivity index (χ2n) is 12.9. The predicted octanol–water partition coefficient (Wildman–Crippen LogP) is 13.6.